The number of aromatic nitrogens is 1. The number of Topliss-reactive ketones (excluding diaryl/α,β-unsaturated/α-hetero) is 1. The quantitative estimate of drug-likeness (QED) is 0.839. The summed E-state index contributed by atoms with van der Waals surface area (Å²) in [6, 6.07) is 1.25. The highest BCUT2D eigenvalue weighted by molar-refractivity contribution is 6.00. The molecule has 1 heterocycles. The second kappa shape index (κ2) is 5.14. The molecule has 0 spiro atoms. The lowest BCUT2D eigenvalue weighted by Crippen LogP contribution is -2.41. The summed E-state index contributed by atoms with van der Waals surface area (Å²) in [6.45, 7) is 2.52. The van der Waals surface area contributed by atoms with E-state index >= 15 is 0 Å². The van der Waals surface area contributed by atoms with E-state index in [1.54, 1.807) is 0 Å². The van der Waals surface area contributed by atoms with E-state index in [2.05, 4.69) is 11.9 Å². The third kappa shape index (κ3) is 2.43. The number of halogens is 1. The van der Waals surface area contributed by atoms with E-state index in [1.807, 2.05) is 0 Å². The molecule has 18 heavy (non-hydrogen) atoms. The van der Waals surface area contributed by atoms with Crippen LogP contribution in [0.25, 0.3) is 0 Å². The Morgan fingerprint density at radius 3 is 2.72 bits per heavy atom. The first-order chi connectivity index (χ1) is 8.57. The molecule has 0 atom stereocenters. The molecule has 0 saturated heterocycles. The summed E-state index contributed by atoms with van der Waals surface area (Å²) in [5.74, 6) is 0.115. The zero-order valence-corrected chi connectivity index (χ0v) is 10.7. The predicted octanol–water partition coefficient (Wildman–Crippen LogP) is 2.56. The lowest BCUT2D eigenvalue weighted by Gasteiger charge is -2.37. The number of nitrogens with zero attached hydrogens (tertiary/aromatic N) is 1. The van der Waals surface area contributed by atoms with E-state index < -0.39 is 11.2 Å². The van der Waals surface area contributed by atoms with Gasteiger partial charge in [-0.05, 0) is 37.7 Å². The molecule has 0 bridgehead atoms. The second-order valence-electron chi connectivity index (χ2n) is 5.39. The Morgan fingerprint density at radius 2 is 2.17 bits per heavy atom. The molecule has 3 nitrogen and oxygen atoms in total. The van der Waals surface area contributed by atoms with Crippen LogP contribution in [0, 0.1) is 17.2 Å². The fraction of sp³-hybridized carbons (Fsp3) is 0.571. The van der Waals surface area contributed by atoms with Gasteiger partial charge >= 0.3 is 0 Å². The van der Waals surface area contributed by atoms with Crippen LogP contribution in [0.3, 0.4) is 0 Å². The third-order valence-corrected chi connectivity index (χ3v) is 4.07. The van der Waals surface area contributed by atoms with Crippen LogP contribution >= 0.6 is 0 Å². The van der Waals surface area contributed by atoms with Gasteiger partial charge in [0.25, 0.3) is 0 Å². The Hall–Kier alpha value is -1.29. The van der Waals surface area contributed by atoms with Gasteiger partial charge in [0.05, 0.1) is 6.20 Å². The Labute approximate surface area is 107 Å². The standard InChI is InChI=1S/C14H19FN2O/c1-10-2-4-14(9-16,5-3-10)13(18)11-6-12(15)8-17-7-11/h6-8,10H,2-5,9,16H2,1H3. The van der Waals surface area contributed by atoms with Gasteiger partial charge < -0.3 is 5.73 Å². The number of hydrogen-bond donors (Lipinski definition) is 1. The summed E-state index contributed by atoms with van der Waals surface area (Å²) >= 11 is 0. The van der Waals surface area contributed by atoms with Gasteiger partial charge in [-0.15, -0.1) is 0 Å². The normalized spacial score (nSPS) is 28.1. The van der Waals surface area contributed by atoms with Gasteiger partial charge in [-0.1, -0.05) is 6.92 Å². The number of carbonyl (C=O) groups excluding carboxylic acids is 1. The third-order valence-electron chi connectivity index (χ3n) is 4.07. The van der Waals surface area contributed by atoms with E-state index in [4.69, 9.17) is 5.73 Å². The molecule has 0 radical (unpaired) electrons. The van der Waals surface area contributed by atoms with Gasteiger partial charge in [0.15, 0.2) is 5.78 Å². The number of pyridine rings is 1. The summed E-state index contributed by atoms with van der Waals surface area (Å²) in [5, 5.41) is 0. The second-order valence-corrected chi connectivity index (χ2v) is 5.39. The summed E-state index contributed by atoms with van der Waals surface area (Å²) in [4.78, 5) is 16.3. The number of rotatable bonds is 3. The minimum absolute atomic E-state index is 0.0519. The first-order valence-electron chi connectivity index (χ1n) is 6.43. The summed E-state index contributed by atoms with van der Waals surface area (Å²) < 4.78 is 13.1. The van der Waals surface area contributed by atoms with Crippen LogP contribution in [-0.4, -0.2) is 17.3 Å². The van der Waals surface area contributed by atoms with Crippen molar-refractivity contribution in [3.8, 4) is 0 Å². The van der Waals surface area contributed by atoms with Crippen LogP contribution in [0.1, 0.15) is 43.0 Å². The largest absolute Gasteiger partial charge is 0.329 e. The average Bonchev–Trinajstić information content (AvgIpc) is 2.39. The molecule has 1 aliphatic rings. The van der Waals surface area contributed by atoms with Crippen LogP contribution in [-0.2, 0) is 0 Å². The first kappa shape index (κ1) is 13.1. The van der Waals surface area contributed by atoms with Crippen LogP contribution in [0.2, 0.25) is 0 Å². The predicted molar refractivity (Wildman–Crippen MR) is 67.6 cm³/mol. The maximum Gasteiger partial charge on any atom is 0.171 e. The lowest BCUT2D eigenvalue weighted by molar-refractivity contribution is 0.0694. The molecule has 0 unspecified atom stereocenters. The van der Waals surface area contributed by atoms with Crippen molar-refractivity contribution in [3.63, 3.8) is 0 Å². The maximum atomic E-state index is 13.1. The molecule has 1 fully saturated rings. The van der Waals surface area contributed by atoms with Gasteiger partial charge in [0.2, 0.25) is 0 Å². The van der Waals surface area contributed by atoms with Gasteiger partial charge in [-0.3, -0.25) is 9.78 Å². The van der Waals surface area contributed by atoms with Crippen molar-refractivity contribution in [2.75, 3.05) is 6.54 Å². The molecule has 0 aliphatic heterocycles. The fourth-order valence-corrected chi connectivity index (χ4v) is 2.68. The molecular weight excluding hydrogens is 231 g/mol. The highest BCUT2D eigenvalue weighted by Crippen LogP contribution is 2.40. The van der Waals surface area contributed by atoms with E-state index in [0.717, 1.165) is 31.9 Å². The highest BCUT2D eigenvalue weighted by Gasteiger charge is 2.40. The zero-order valence-electron chi connectivity index (χ0n) is 10.7. The fourth-order valence-electron chi connectivity index (χ4n) is 2.68. The van der Waals surface area contributed by atoms with Crippen LogP contribution < -0.4 is 5.73 Å². The Morgan fingerprint density at radius 1 is 1.50 bits per heavy atom. The smallest absolute Gasteiger partial charge is 0.171 e. The Bertz CT molecular complexity index is 439. The van der Waals surface area contributed by atoms with Crippen LogP contribution in [0.15, 0.2) is 18.5 Å². The molecule has 0 aromatic carbocycles. The van der Waals surface area contributed by atoms with Crippen molar-refractivity contribution >= 4 is 5.78 Å². The Kier molecular flexibility index (Phi) is 3.76. The van der Waals surface area contributed by atoms with Crippen LogP contribution in [0.4, 0.5) is 4.39 Å². The van der Waals surface area contributed by atoms with Gasteiger partial charge in [0.1, 0.15) is 5.82 Å². The minimum atomic E-state index is -0.512. The highest BCUT2D eigenvalue weighted by atomic mass is 19.1. The molecule has 4 heteroatoms. The van der Waals surface area contributed by atoms with E-state index in [-0.39, 0.29) is 5.78 Å². The molecule has 2 rings (SSSR count). The molecule has 1 aromatic heterocycles. The number of ketones is 1. The molecule has 2 N–H and O–H groups in total. The number of hydrogen-bond acceptors (Lipinski definition) is 3. The van der Waals surface area contributed by atoms with Crippen molar-refractivity contribution in [3.05, 3.63) is 29.8 Å². The van der Waals surface area contributed by atoms with Crippen molar-refractivity contribution in [2.24, 2.45) is 17.1 Å². The minimum Gasteiger partial charge on any atom is -0.329 e. The molecule has 0 amide bonds. The van der Waals surface area contributed by atoms with E-state index in [0.29, 0.717) is 18.0 Å². The lowest BCUT2D eigenvalue weighted by atomic mass is 9.67. The summed E-state index contributed by atoms with van der Waals surface area (Å²) in [5.41, 5.74) is 5.66. The van der Waals surface area contributed by atoms with E-state index in [1.165, 1.54) is 12.3 Å². The zero-order chi connectivity index (χ0) is 13.2. The molecule has 98 valence electrons. The molecule has 1 aliphatic carbocycles. The Balaban J connectivity index is 2.25. The SMILES string of the molecule is CC1CCC(CN)(C(=O)c2cncc(F)c2)CC1. The maximum absolute atomic E-state index is 13.1. The van der Waals surface area contributed by atoms with Gasteiger partial charge in [-0.2, -0.15) is 0 Å². The molecular formula is C14H19FN2O. The van der Waals surface area contributed by atoms with Crippen molar-refractivity contribution in [1.82, 2.24) is 4.98 Å². The number of nitrogens with two attached hydrogens (primary N) is 1. The number of carbonyl (C=O) groups is 1. The van der Waals surface area contributed by atoms with E-state index in [9.17, 15) is 9.18 Å². The average molecular weight is 250 g/mol. The van der Waals surface area contributed by atoms with Crippen molar-refractivity contribution in [2.45, 2.75) is 32.6 Å². The van der Waals surface area contributed by atoms with Crippen molar-refractivity contribution in [1.29, 1.82) is 0 Å². The monoisotopic (exact) mass is 250 g/mol. The van der Waals surface area contributed by atoms with Gasteiger partial charge in [0, 0.05) is 23.7 Å². The topological polar surface area (TPSA) is 56.0 Å². The summed E-state index contributed by atoms with van der Waals surface area (Å²) in [6.07, 6.45) is 6.13. The molecule has 1 aromatic rings. The first-order valence-corrected chi connectivity index (χ1v) is 6.43. The molecule has 1 saturated carbocycles. The van der Waals surface area contributed by atoms with Crippen molar-refractivity contribution < 1.29 is 9.18 Å². The van der Waals surface area contributed by atoms with Crippen LogP contribution in [0.5, 0.6) is 0 Å². The van der Waals surface area contributed by atoms with Gasteiger partial charge in [-0.25, -0.2) is 4.39 Å². The summed E-state index contributed by atoms with van der Waals surface area (Å²) in [7, 11) is 0.